The minimum absolute atomic E-state index is 0.104. The van der Waals surface area contributed by atoms with Crippen LogP contribution in [-0.4, -0.2) is 0 Å². The fraction of sp³-hybridized carbons (Fsp3) is 0.0476. The first-order valence-corrected chi connectivity index (χ1v) is 9.84. The molecule has 3 rings (SSSR count). The molecule has 0 saturated heterocycles. The molecule has 1 atom stereocenters. The average molecular weight is 388 g/mol. The van der Waals surface area contributed by atoms with Crippen LogP contribution in [0.15, 0.2) is 91.0 Å². The van der Waals surface area contributed by atoms with E-state index in [-0.39, 0.29) is 5.75 Å². The largest absolute Gasteiger partial charge is 0.428 e. The maximum Gasteiger partial charge on any atom is 0.344 e. The molecule has 0 heterocycles. The van der Waals surface area contributed by atoms with Crippen LogP contribution in [0.2, 0.25) is 0 Å². The summed E-state index contributed by atoms with van der Waals surface area (Å²) >= 11 is 0. The van der Waals surface area contributed by atoms with Crippen molar-refractivity contribution in [2.75, 3.05) is 0 Å². The molecule has 3 aromatic carbocycles. The summed E-state index contributed by atoms with van der Waals surface area (Å²) in [7, 11) is -3.18. The molecule has 0 aliphatic heterocycles. The third-order valence-corrected chi connectivity index (χ3v) is 7.15. The summed E-state index contributed by atoms with van der Waals surface area (Å²) in [5, 5.41) is 1.78. The number of aryl methyl sites for hydroxylation is 1. The van der Waals surface area contributed by atoms with Gasteiger partial charge in [-0.15, -0.1) is 0 Å². The fourth-order valence-electron chi connectivity index (χ4n) is 2.71. The highest BCUT2D eigenvalue weighted by Crippen LogP contribution is 2.42. The lowest BCUT2D eigenvalue weighted by atomic mass is 10.2. The van der Waals surface area contributed by atoms with Crippen LogP contribution in [-0.2, 0) is 4.57 Å². The van der Waals surface area contributed by atoms with Gasteiger partial charge in [0.25, 0.3) is 0 Å². The van der Waals surface area contributed by atoms with Crippen molar-refractivity contribution in [2.45, 2.75) is 6.92 Å². The molecule has 27 heavy (non-hydrogen) atoms. The molecule has 0 aliphatic carbocycles. The Hall–Kier alpha value is -2.78. The molecule has 138 valence electrons. The molecule has 0 fully saturated rings. The van der Waals surface area contributed by atoms with Gasteiger partial charge in [-0.05, 0) is 31.2 Å². The molecule has 0 spiro atoms. The topological polar surface area (TPSA) is 26.3 Å². The van der Waals surface area contributed by atoms with E-state index in [2.05, 4.69) is 4.74 Å². The van der Waals surface area contributed by atoms with Gasteiger partial charge in [0.05, 0.1) is 0 Å². The van der Waals surface area contributed by atoms with Crippen LogP contribution < -0.4 is 20.7 Å². The minimum Gasteiger partial charge on any atom is -0.428 e. The zero-order valence-electron chi connectivity index (χ0n) is 14.4. The van der Waals surface area contributed by atoms with Gasteiger partial charge in [-0.25, -0.2) is 0 Å². The molecular formula is C21H16F3O2P. The van der Waals surface area contributed by atoms with E-state index in [4.69, 9.17) is 0 Å². The normalized spacial score (nSPS) is 12.9. The lowest BCUT2D eigenvalue weighted by Crippen LogP contribution is -2.24. The Morgan fingerprint density at radius 3 is 1.74 bits per heavy atom. The molecular weight excluding hydrogens is 372 g/mol. The standard InChI is InChI=1S/C21H16F3O2P/c1-15-7-11-18(12-8-15)27(25,17-5-3-2-4-6-17)19-13-9-16(10-14-19)26-21(24)20(22)23/h2-14H,1H3. The summed E-state index contributed by atoms with van der Waals surface area (Å²) in [6.07, 6.45) is -2.53. The van der Waals surface area contributed by atoms with Crippen LogP contribution >= 0.6 is 7.14 Å². The van der Waals surface area contributed by atoms with Crippen molar-refractivity contribution in [2.24, 2.45) is 0 Å². The Morgan fingerprint density at radius 2 is 1.22 bits per heavy atom. The van der Waals surface area contributed by atoms with E-state index in [1.54, 1.807) is 24.3 Å². The van der Waals surface area contributed by atoms with E-state index in [0.717, 1.165) is 5.56 Å². The Labute approximate surface area is 155 Å². The third-order valence-electron chi connectivity index (χ3n) is 4.07. The maximum atomic E-state index is 14.1. The van der Waals surface area contributed by atoms with E-state index < -0.39 is 19.2 Å². The van der Waals surface area contributed by atoms with Crippen molar-refractivity contribution in [3.05, 3.63) is 96.5 Å². The summed E-state index contributed by atoms with van der Waals surface area (Å²) < 4.78 is 55.9. The highest BCUT2D eigenvalue weighted by molar-refractivity contribution is 7.85. The van der Waals surface area contributed by atoms with E-state index in [1.807, 2.05) is 37.3 Å². The summed E-state index contributed by atoms with van der Waals surface area (Å²) in [6, 6.07) is 20.1. The Morgan fingerprint density at radius 1 is 0.741 bits per heavy atom. The van der Waals surface area contributed by atoms with Gasteiger partial charge in [0, 0.05) is 15.9 Å². The molecule has 2 nitrogen and oxygen atoms in total. The van der Waals surface area contributed by atoms with Crippen molar-refractivity contribution >= 4 is 23.1 Å². The second kappa shape index (κ2) is 7.85. The molecule has 0 saturated carbocycles. The van der Waals surface area contributed by atoms with Crippen LogP contribution in [0, 0.1) is 6.92 Å². The van der Waals surface area contributed by atoms with E-state index in [1.165, 1.54) is 24.3 Å². The first kappa shape index (κ1) is 19.0. The summed E-state index contributed by atoms with van der Waals surface area (Å²) in [6.45, 7) is 1.94. The lowest BCUT2D eigenvalue weighted by molar-refractivity contribution is 0.241. The predicted molar refractivity (Wildman–Crippen MR) is 102 cm³/mol. The zero-order valence-corrected chi connectivity index (χ0v) is 15.3. The number of benzene rings is 3. The summed E-state index contributed by atoms with van der Waals surface area (Å²) in [5.74, 6) is -0.104. The number of ether oxygens (including phenoxy) is 1. The summed E-state index contributed by atoms with van der Waals surface area (Å²) in [5.41, 5.74) is 1.04. The Bertz CT molecular complexity index is 994. The van der Waals surface area contributed by atoms with E-state index in [0.29, 0.717) is 15.9 Å². The molecule has 1 unspecified atom stereocenters. The molecule has 0 aromatic heterocycles. The number of hydrogen-bond donors (Lipinski definition) is 0. The SMILES string of the molecule is Cc1ccc(P(=O)(c2ccccc2)c2ccc(OC(F)=C(F)F)cc2)cc1. The van der Waals surface area contributed by atoms with Gasteiger partial charge >= 0.3 is 12.1 Å². The van der Waals surface area contributed by atoms with Gasteiger partial charge in [-0.3, -0.25) is 0 Å². The number of halogens is 3. The molecule has 0 radical (unpaired) electrons. The maximum absolute atomic E-state index is 14.1. The van der Waals surface area contributed by atoms with Crippen LogP contribution in [0.3, 0.4) is 0 Å². The van der Waals surface area contributed by atoms with Crippen molar-refractivity contribution in [1.82, 2.24) is 0 Å². The van der Waals surface area contributed by atoms with E-state index >= 15 is 0 Å². The minimum atomic E-state index is -3.18. The molecule has 0 amide bonds. The molecule has 6 heteroatoms. The zero-order chi connectivity index (χ0) is 19.4. The van der Waals surface area contributed by atoms with Crippen molar-refractivity contribution in [3.8, 4) is 5.75 Å². The van der Waals surface area contributed by atoms with Crippen LogP contribution in [0.4, 0.5) is 13.2 Å². The van der Waals surface area contributed by atoms with Crippen LogP contribution in [0.25, 0.3) is 0 Å². The number of hydrogen-bond acceptors (Lipinski definition) is 2. The second-order valence-electron chi connectivity index (χ2n) is 5.91. The van der Waals surface area contributed by atoms with Crippen LogP contribution in [0.5, 0.6) is 5.75 Å². The average Bonchev–Trinajstić information content (AvgIpc) is 2.69. The quantitative estimate of drug-likeness (QED) is 0.452. The fourth-order valence-corrected chi connectivity index (χ4v) is 5.33. The highest BCUT2D eigenvalue weighted by atomic mass is 31.2. The Kier molecular flexibility index (Phi) is 5.52. The Balaban J connectivity index is 2.08. The van der Waals surface area contributed by atoms with Gasteiger partial charge in [0.1, 0.15) is 5.75 Å². The third kappa shape index (κ3) is 3.99. The first-order valence-electron chi connectivity index (χ1n) is 8.13. The second-order valence-corrected chi connectivity index (χ2v) is 8.68. The van der Waals surface area contributed by atoms with Crippen molar-refractivity contribution < 1.29 is 22.5 Å². The van der Waals surface area contributed by atoms with Gasteiger partial charge < -0.3 is 9.30 Å². The highest BCUT2D eigenvalue weighted by Gasteiger charge is 2.29. The van der Waals surface area contributed by atoms with Gasteiger partial charge in [0.15, 0.2) is 7.14 Å². The van der Waals surface area contributed by atoms with Crippen molar-refractivity contribution in [3.63, 3.8) is 0 Å². The summed E-state index contributed by atoms with van der Waals surface area (Å²) in [4.78, 5) is 0. The monoisotopic (exact) mass is 388 g/mol. The van der Waals surface area contributed by atoms with Gasteiger partial charge in [-0.1, -0.05) is 60.2 Å². The van der Waals surface area contributed by atoms with Crippen molar-refractivity contribution in [1.29, 1.82) is 0 Å². The molecule has 0 bridgehead atoms. The lowest BCUT2D eigenvalue weighted by Gasteiger charge is -2.20. The smallest absolute Gasteiger partial charge is 0.344 e. The number of rotatable bonds is 5. The first-order chi connectivity index (χ1) is 12.9. The van der Waals surface area contributed by atoms with Gasteiger partial charge in [-0.2, -0.15) is 13.2 Å². The van der Waals surface area contributed by atoms with E-state index in [9.17, 15) is 17.7 Å². The molecule has 0 N–H and O–H groups in total. The molecule has 3 aromatic rings. The van der Waals surface area contributed by atoms with Gasteiger partial charge in [0.2, 0.25) is 0 Å². The molecule has 0 aliphatic rings. The predicted octanol–water partition coefficient (Wildman–Crippen LogP) is 5.05. The van der Waals surface area contributed by atoms with Crippen LogP contribution in [0.1, 0.15) is 5.56 Å².